The van der Waals surface area contributed by atoms with E-state index in [9.17, 15) is 28.1 Å². The van der Waals surface area contributed by atoms with Gasteiger partial charge in [-0.1, -0.05) is 6.07 Å². The smallest absolute Gasteiger partial charge is 0.270 e. The van der Waals surface area contributed by atoms with Gasteiger partial charge in [-0.15, -0.1) is 11.8 Å². The van der Waals surface area contributed by atoms with Crippen LogP contribution in [0.2, 0.25) is 0 Å². The van der Waals surface area contributed by atoms with E-state index in [1.54, 1.807) is 16.7 Å². The Hall–Kier alpha value is -2.96. The molecule has 170 valence electrons. The van der Waals surface area contributed by atoms with Crippen LogP contribution in [0.3, 0.4) is 0 Å². The summed E-state index contributed by atoms with van der Waals surface area (Å²) in [6.45, 7) is 0.167. The van der Waals surface area contributed by atoms with Crippen LogP contribution in [0.25, 0.3) is 0 Å². The summed E-state index contributed by atoms with van der Waals surface area (Å²) in [7, 11) is -3.96. The zero-order valence-electron chi connectivity index (χ0n) is 17.2. The molecule has 32 heavy (non-hydrogen) atoms. The van der Waals surface area contributed by atoms with E-state index in [0.29, 0.717) is 0 Å². The van der Waals surface area contributed by atoms with Crippen molar-refractivity contribution in [2.24, 2.45) is 5.92 Å². The van der Waals surface area contributed by atoms with Crippen molar-refractivity contribution < 1.29 is 22.9 Å². The number of thioether (sulfide) groups is 1. The molecule has 1 aliphatic rings. The molecule has 1 atom stereocenters. The molecule has 2 aromatic rings. The number of hydrogen-bond donors (Lipinski definition) is 2. The average molecular weight is 479 g/mol. The number of non-ortho nitro benzene ring substituents is 1. The number of rotatable bonds is 9. The number of amides is 2. The molecular weight excluding hydrogens is 456 g/mol. The van der Waals surface area contributed by atoms with Crippen molar-refractivity contribution in [2.75, 3.05) is 30.8 Å². The van der Waals surface area contributed by atoms with Crippen molar-refractivity contribution >= 4 is 45.0 Å². The molecular formula is C20H22N4O6S2. The summed E-state index contributed by atoms with van der Waals surface area (Å²) < 4.78 is 26.9. The minimum Gasteiger partial charge on any atom is -0.354 e. The minimum absolute atomic E-state index is 0.0140. The Morgan fingerprint density at radius 1 is 1.22 bits per heavy atom. The van der Waals surface area contributed by atoms with Crippen molar-refractivity contribution in [1.82, 2.24) is 10.0 Å². The zero-order valence-corrected chi connectivity index (χ0v) is 18.8. The maximum Gasteiger partial charge on any atom is 0.270 e. The summed E-state index contributed by atoms with van der Waals surface area (Å²) in [5, 5.41) is 13.5. The summed E-state index contributed by atoms with van der Waals surface area (Å²) >= 11 is 1.59. The predicted octanol–water partition coefficient (Wildman–Crippen LogP) is 1.76. The fraction of sp³-hybridized carbons (Fsp3) is 0.300. The molecule has 2 aromatic carbocycles. The monoisotopic (exact) mass is 478 g/mol. The van der Waals surface area contributed by atoms with Crippen molar-refractivity contribution in [3.8, 4) is 0 Å². The lowest BCUT2D eigenvalue weighted by Gasteiger charge is -2.17. The fourth-order valence-corrected chi connectivity index (χ4v) is 4.74. The van der Waals surface area contributed by atoms with Gasteiger partial charge >= 0.3 is 0 Å². The molecule has 10 nitrogen and oxygen atoms in total. The van der Waals surface area contributed by atoms with Gasteiger partial charge in [-0.3, -0.25) is 19.7 Å². The van der Waals surface area contributed by atoms with Crippen LogP contribution in [0.5, 0.6) is 0 Å². The topological polar surface area (TPSA) is 139 Å². The lowest BCUT2D eigenvalue weighted by molar-refractivity contribution is -0.385. The lowest BCUT2D eigenvalue weighted by atomic mass is 10.1. The van der Waals surface area contributed by atoms with E-state index in [1.807, 2.05) is 30.5 Å². The van der Waals surface area contributed by atoms with Crippen LogP contribution in [0.4, 0.5) is 11.4 Å². The molecule has 12 heteroatoms. The third-order valence-electron chi connectivity index (χ3n) is 4.93. The number of carbonyl (C=O) groups excluding carboxylic acids is 2. The van der Waals surface area contributed by atoms with Gasteiger partial charge in [0.25, 0.3) is 5.69 Å². The Bertz CT molecular complexity index is 1120. The molecule has 3 rings (SSSR count). The van der Waals surface area contributed by atoms with Crippen molar-refractivity contribution in [3.63, 3.8) is 0 Å². The molecule has 0 aromatic heterocycles. The second-order valence-electron chi connectivity index (χ2n) is 7.05. The van der Waals surface area contributed by atoms with Gasteiger partial charge in [0.1, 0.15) is 0 Å². The number of nitrogens with zero attached hydrogens (tertiary/aromatic N) is 2. The first-order valence-corrected chi connectivity index (χ1v) is 12.4. The maximum absolute atomic E-state index is 12.4. The van der Waals surface area contributed by atoms with Crippen LogP contribution in [0, 0.1) is 16.0 Å². The number of nitro benzene ring substituents is 1. The molecule has 2 N–H and O–H groups in total. The highest BCUT2D eigenvalue weighted by Gasteiger charge is 2.35. The molecule has 0 spiro atoms. The second-order valence-corrected chi connectivity index (χ2v) is 9.69. The molecule has 0 saturated carbocycles. The summed E-state index contributed by atoms with van der Waals surface area (Å²) in [5.41, 5.74) is 0.396. The van der Waals surface area contributed by atoms with Gasteiger partial charge in [0.15, 0.2) is 0 Å². The van der Waals surface area contributed by atoms with E-state index in [0.717, 1.165) is 16.6 Å². The van der Waals surface area contributed by atoms with E-state index >= 15 is 0 Å². The molecule has 1 aliphatic heterocycles. The Morgan fingerprint density at radius 3 is 2.59 bits per heavy atom. The van der Waals surface area contributed by atoms with Crippen LogP contribution < -0.4 is 14.9 Å². The van der Waals surface area contributed by atoms with Gasteiger partial charge in [0, 0.05) is 48.8 Å². The van der Waals surface area contributed by atoms with Gasteiger partial charge in [0.05, 0.1) is 15.7 Å². The molecule has 1 heterocycles. The lowest BCUT2D eigenvalue weighted by Crippen LogP contribution is -2.38. The number of hydrogen-bond acceptors (Lipinski definition) is 7. The van der Waals surface area contributed by atoms with Gasteiger partial charge in [0.2, 0.25) is 21.8 Å². The van der Waals surface area contributed by atoms with Crippen molar-refractivity contribution in [2.45, 2.75) is 16.2 Å². The average Bonchev–Trinajstić information content (AvgIpc) is 3.18. The van der Waals surface area contributed by atoms with Crippen molar-refractivity contribution in [3.05, 3.63) is 58.6 Å². The van der Waals surface area contributed by atoms with Crippen LogP contribution in [-0.4, -0.2) is 51.0 Å². The number of anilines is 1. The van der Waals surface area contributed by atoms with Gasteiger partial charge in [-0.25, -0.2) is 13.1 Å². The third-order valence-corrected chi connectivity index (χ3v) is 7.14. The molecule has 0 radical (unpaired) electrons. The Balaban J connectivity index is 1.50. The molecule has 1 unspecified atom stereocenters. The SMILES string of the molecule is CSc1ccc(N2CC(C(=O)NCCNS(=O)(=O)c3cccc([N+](=O)[O-])c3)CC2=O)cc1. The van der Waals surface area contributed by atoms with E-state index in [1.165, 1.54) is 18.2 Å². The van der Waals surface area contributed by atoms with E-state index in [-0.39, 0.29) is 48.5 Å². The number of carbonyl (C=O) groups is 2. The molecule has 1 saturated heterocycles. The number of nitrogens with one attached hydrogen (secondary N) is 2. The van der Waals surface area contributed by atoms with Crippen LogP contribution >= 0.6 is 11.8 Å². The second kappa shape index (κ2) is 10.1. The number of sulfonamides is 1. The fourth-order valence-electron chi connectivity index (χ4n) is 3.26. The van der Waals surface area contributed by atoms with Crippen molar-refractivity contribution in [1.29, 1.82) is 0 Å². The first-order chi connectivity index (χ1) is 15.2. The maximum atomic E-state index is 12.4. The normalized spacial score (nSPS) is 16.2. The summed E-state index contributed by atoms with van der Waals surface area (Å²) in [6.07, 6.45) is 2.04. The first-order valence-electron chi connectivity index (χ1n) is 9.67. The molecule has 0 bridgehead atoms. The largest absolute Gasteiger partial charge is 0.354 e. The standard InChI is InChI=1S/C20H22N4O6S2/c1-31-17-7-5-15(6-8-17)23-13-14(11-19(23)25)20(26)21-9-10-22-32(29,30)18-4-2-3-16(12-18)24(27)28/h2-8,12,14,22H,9-11,13H2,1H3,(H,21,26). The third kappa shape index (κ3) is 5.64. The Labute approximate surface area is 189 Å². The number of nitro groups is 1. The summed E-state index contributed by atoms with van der Waals surface area (Å²) in [4.78, 5) is 37.3. The highest BCUT2D eigenvalue weighted by Crippen LogP contribution is 2.27. The molecule has 1 fully saturated rings. The number of benzene rings is 2. The van der Waals surface area contributed by atoms with Gasteiger partial charge in [-0.05, 0) is 36.6 Å². The quantitative estimate of drug-likeness (QED) is 0.242. The predicted molar refractivity (Wildman–Crippen MR) is 120 cm³/mol. The highest BCUT2D eigenvalue weighted by molar-refractivity contribution is 7.98. The van der Waals surface area contributed by atoms with E-state index < -0.39 is 20.9 Å². The highest BCUT2D eigenvalue weighted by atomic mass is 32.2. The van der Waals surface area contributed by atoms with E-state index in [4.69, 9.17) is 0 Å². The molecule has 2 amide bonds. The van der Waals surface area contributed by atoms with Crippen LogP contribution in [0.15, 0.2) is 58.3 Å². The first kappa shape index (κ1) is 23.7. The minimum atomic E-state index is -3.96. The summed E-state index contributed by atoms with van der Waals surface area (Å²) in [6, 6.07) is 12.2. The molecule has 0 aliphatic carbocycles. The Morgan fingerprint density at radius 2 is 1.94 bits per heavy atom. The van der Waals surface area contributed by atoms with Gasteiger partial charge < -0.3 is 10.2 Å². The summed E-state index contributed by atoms with van der Waals surface area (Å²) in [5.74, 6) is -1.01. The zero-order chi connectivity index (χ0) is 23.3. The Kier molecular flexibility index (Phi) is 7.48. The van der Waals surface area contributed by atoms with Crippen LogP contribution in [0.1, 0.15) is 6.42 Å². The van der Waals surface area contributed by atoms with Crippen LogP contribution in [-0.2, 0) is 19.6 Å². The van der Waals surface area contributed by atoms with E-state index in [2.05, 4.69) is 10.0 Å². The van der Waals surface area contributed by atoms with Gasteiger partial charge in [-0.2, -0.15) is 0 Å².